The quantitative estimate of drug-likeness (QED) is 0.869. The Morgan fingerprint density at radius 2 is 1.83 bits per heavy atom. The van der Waals surface area contributed by atoms with Gasteiger partial charge < -0.3 is 10.2 Å². The lowest BCUT2D eigenvalue weighted by Crippen LogP contribution is -2.33. The van der Waals surface area contributed by atoms with Gasteiger partial charge in [0.25, 0.3) is 0 Å². The van der Waals surface area contributed by atoms with E-state index in [1.165, 1.54) is 0 Å². The molecular weight excluding hydrogens is 228 g/mol. The van der Waals surface area contributed by atoms with E-state index in [1.807, 2.05) is 42.5 Å². The molecule has 2 aromatic rings. The lowest BCUT2D eigenvalue weighted by molar-refractivity contribution is -0.143. The number of carboxylic acid groups (broad SMARTS) is 1. The fraction of sp³-hybridized carbons (Fsp3) is 0.267. The number of carbonyl (C=O) groups is 1. The first-order valence-corrected chi connectivity index (χ1v) is 5.92. The molecule has 2 N–H and O–H groups in total. The van der Waals surface area contributed by atoms with Crippen molar-refractivity contribution in [1.82, 2.24) is 0 Å². The Labute approximate surface area is 106 Å². The van der Waals surface area contributed by atoms with Gasteiger partial charge in [-0.2, -0.15) is 0 Å². The van der Waals surface area contributed by atoms with Crippen LogP contribution in [0.1, 0.15) is 18.9 Å². The van der Waals surface area contributed by atoms with Gasteiger partial charge in [-0.1, -0.05) is 42.5 Å². The molecule has 2 aromatic carbocycles. The van der Waals surface area contributed by atoms with E-state index >= 15 is 0 Å². The maximum Gasteiger partial charge on any atom is 0.313 e. The standard InChI is InChI=1S/C15H16O3/c1-15(9-10-16,14(17)18)13-8-4-6-11-5-2-3-7-12(11)13/h2-8,16H,9-10H2,1H3,(H,17,18). The number of carboxylic acids is 1. The van der Waals surface area contributed by atoms with Gasteiger partial charge in [0, 0.05) is 6.61 Å². The summed E-state index contributed by atoms with van der Waals surface area (Å²) in [5, 5.41) is 20.5. The number of hydrogen-bond donors (Lipinski definition) is 2. The van der Waals surface area contributed by atoms with Crippen LogP contribution < -0.4 is 0 Å². The van der Waals surface area contributed by atoms with Gasteiger partial charge in [-0.15, -0.1) is 0 Å². The highest BCUT2D eigenvalue weighted by Crippen LogP contribution is 2.33. The molecule has 0 heterocycles. The van der Waals surface area contributed by atoms with Crippen molar-refractivity contribution in [3.05, 3.63) is 48.0 Å². The summed E-state index contributed by atoms with van der Waals surface area (Å²) in [6, 6.07) is 13.3. The highest BCUT2D eigenvalue weighted by Gasteiger charge is 2.35. The Hall–Kier alpha value is -1.87. The van der Waals surface area contributed by atoms with Crippen molar-refractivity contribution in [2.45, 2.75) is 18.8 Å². The monoisotopic (exact) mass is 244 g/mol. The Balaban J connectivity index is 2.68. The second-order valence-electron chi connectivity index (χ2n) is 4.64. The lowest BCUT2D eigenvalue weighted by atomic mass is 9.77. The molecule has 0 amide bonds. The third-order valence-electron chi connectivity index (χ3n) is 3.47. The van der Waals surface area contributed by atoms with E-state index in [9.17, 15) is 9.90 Å². The molecule has 0 aliphatic heterocycles. The minimum absolute atomic E-state index is 0.147. The Morgan fingerprint density at radius 3 is 2.50 bits per heavy atom. The van der Waals surface area contributed by atoms with Crippen LogP contribution in [0.25, 0.3) is 10.8 Å². The fourth-order valence-electron chi connectivity index (χ4n) is 2.29. The Morgan fingerprint density at radius 1 is 1.17 bits per heavy atom. The molecular formula is C15H16O3. The number of hydrogen-bond acceptors (Lipinski definition) is 2. The van der Waals surface area contributed by atoms with Crippen molar-refractivity contribution >= 4 is 16.7 Å². The number of benzene rings is 2. The van der Waals surface area contributed by atoms with E-state index in [4.69, 9.17) is 5.11 Å². The average Bonchev–Trinajstić information content (AvgIpc) is 2.38. The predicted molar refractivity (Wildman–Crippen MR) is 70.6 cm³/mol. The van der Waals surface area contributed by atoms with Crippen molar-refractivity contribution < 1.29 is 15.0 Å². The average molecular weight is 244 g/mol. The van der Waals surface area contributed by atoms with Crippen LogP contribution in [0.4, 0.5) is 0 Å². The van der Waals surface area contributed by atoms with E-state index in [0.717, 1.165) is 16.3 Å². The fourth-order valence-corrected chi connectivity index (χ4v) is 2.29. The molecule has 1 atom stereocenters. The minimum Gasteiger partial charge on any atom is -0.481 e. The van der Waals surface area contributed by atoms with Crippen LogP contribution in [0.2, 0.25) is 0 Å². The van der Waals surface area contributed by atoms with Crippen molar-refractivity contribution in [2.75, 3.05) is 6.61 Å². The zero-order chi connectivity index (χ0) is 13.2. The molecule has 0 fully saturated rings. The Bertz CT molecular complexity index is 571. The summed E-state index contributed by atoms with van der Waals surface area (Å²) in [5.41, 5.74) is -0.308. The molecule has 3 heteroatoms. The van der Waals surface area contributed by atoms with Gasteiger partial charge in [-0.3, -0.25) is 4.79 Å². The first-order chi connectivity index (χ1) is 8.59. The number of aliphatic hydroxyl groups is 1. The van der Waals surface area contributed by atoms with Crippen LogP contribution in [0.5, 0.6) is 0 Å². The van der Waals surface area contributed by atoms with Crippen LogP contribution in [0.3, 0.4) is 0 Å². The van der Waals surface area contributed by atoms with Crippen molar-refractivity contribution in [1.29, 1.82) is 0 Å². The van der Waals surface area contributed by atoms with E-state index in [-0.39, 0.29) is 13.0 Å². The second-order valence-corrected chi connectivity index (χ2v) is 4.64. The van der Waals surface area contributed by atoms with Gasteiger partial charge in [0.15, 0.2) is 0 Å². The van der Waals surface area contributed by atoms with Crippen LogP contribution >= 0.6 is 0 Å². The molecule has 18 heavy (non-hydrogen) atoms. The number of aliphatic carboxylic acids is 1. The third kappa shape index (κ3) is 1.97. The molecule has 0 radical (unpaired) electrons. The molecule has 0 aromatic heterocycles. The molecule has 0 aliphatic rings. The highest BCUT2D eigenvalue weighted by atomic mass is 16.4. The molecule has 0 saturated heterocycles. The highest BCUT2D eigenvalue weighted by molar-refractivity contribution is 5.92. The van der Waals surface area contributed by atoms with Gasteiger partial charge >= 0.3 is 5.97 Å². The maximum absolute atomic E-state index is 11.5. The maximum atomic E-state index is 11.5. The van der Waals surface area contributed by atoms with Crippen LogP contribution in [-0.4, -0.2) is 22.8 Å². The number of aliphatic hydroxyl groups excluding tert-OH is 1. The summed E-state index contributed by atoms with van der Waals surface area (Å²) in [4.78, 5) is 11.5. The van der Waals surface area contributed by atoms with Gasteiger partial charge in [0.05, 0.1) is 5.41 Å². The molecule has 0 spiro atoms. The second kappa shape index (κ2) is 4.78. The van der Waals surface area contributed by atoms with Gasteiger partial charge in [-0.05, 0) is 29.7 Å². The number of rotatable bonds is 4. The molecule has 94 valence electrons. The topological polar surface area (TPSA) is 57.5 Å². The van der Waals surface area contributed by atoms with Gasteiger partial charge in [0.1, 0.15) is 0 Å². The van der Waals surface area contributed by atoms with Crippen LogP contribution in [0.15, 0.2) is 42.5 Å². The largest absolute Gasteiger partial charge is 0.481 e. The van der Waals surface area contributed by atoms with E-state index in [2.05, 4.69) is 0 Å². The Kier molecular flexibility index (Phi) is 3.34. The summed E-state index contributed by atoms with van der Waals surface area (Å²) in [7, 11) is 0. The molecule has 0 saturated carbocycles. The van der Waals surface area contributed by atoms with Gasteiger partial charge in [0.2, 0.25) is 0 Å². The lowest BCUT2D eigenvalue weighted by Gasteiger charge is -2.26. The molecule has 1 unspecified atom stereocenters. The molecule has 0 bridgehead atoms. The van der Waals surface area contributed by atoms with E-state index in [1.54, 1.807) is 6.92 Å². The summed E-state index contributed by atoms with van der Waals surface area (Å²) < 4.78 is 0. The minimum atomic E-state index is -1.06. The molecule has 3 nitrogen and oxygen atoms in total. The third-order valence-corrected chi connectivity index (χ3v) is 3.47. The number of fused-ring (bicyclic) bond motifs is 1. The van der Waals surface area contributed by atoms with E-state index < -0.39 is 11.4 Å². The first kappa shape index (κ1) is 12.6. The summed E-state index contributed by atoms with van der Waals surface area (Å²) in [6.07, 6.45) is 0.205. The molecule has 0 aliphatic carbocycles. The van der Waals surface area contributed by atoms with Crippen LogP contribution in [-0.2, 0) is 10.2 Å². The van der Waals surface area contributed by atoms with E-state index in [0.29, 0.717) is 0 Å². The smallest absolute Gasteiger partial charge is 0.313 e. The predicted octanol–water partition coefficient (Wildman–Crippen LogP) is 2.56. The summed E-state index contributed by atoms with van der Waals surface area (Å²) in [5.74, 6) is -0.909. The summed E-state index contributed by atoms with van der Waals surface area (Å²) in [6.45, 7) is 1.51. The summed E-state index contributed by atoms with van der Waals surface area (Å²) >= 11 is 0. The molecule has 2 rings (SSSR count). The van der Waals surface area contributed by atoms with Gasteiger partial charge in [-0.25, -0.2) is 0 Å². The zero-order valence-electron chi connectivity index (χ0n) is 10.3. The van der Waals surface area contributed by atoms with Crippen LogP contribution in [0, 0.1) is 0 Å². The van der Waals surface area contributed by atoms with Crippen molar-refractivity contribution in [3.8, 4) is 0 Å². The SMILES string of the molecule is CC(CCO)(C(=O)O)c1cccc2ccccc12. The zero-order valence-corrected chi connectivity index (χ0v) is 10.3. The normalized spacial score (nSPS) is 14.3. The van der Waals surface area contributed by atoms with Crippen molar-refractivity contribution in [2.24, 2.45) is 0 Å². The first-order valence-electron chi connectivity index (χ1n) is 5.92. The van der Waals surface area contributed by atoms with Crippen molar-refractivity contribution in [3.63, 3.8) is 0 Å².